The van der Waals surface area contributed by atoms with E-state index in [-0.39, 0.29) is 5.54 Å². The van der Waals surface area contributed by atoms with Gasteiger partial charge in [0.1, 0.15) is 9.84 Å². The lowest BCUT2D eigenvalue weighted by atomic mass is 10.1. The molecule has 1 N–H and O–H groups in total. The minimum absolute atomic E-state index is 0.161. The maximum atomic E-state index is 11.4. The summed E-state index contributed by atoms with van der Waals surface area (Å²) in [5.74, 6) is 0.698. The van der Waals surface area contributed by atoms with Gasteiger partial charge in [0.05, 0.1) is 5.75 Å². The molecule has 0 amide bonds. The Morgan fingerprint density at radius 1 is 1.00 bits per heavy atom. The average molecular weight is 249 g/mol. The highest BCUT2D eigenvalue weighted by Gasteiger charge is 2.09. The predicted molar refractivity (Wildman–Crippen MR) is 70.6 cm³/mol. The Bertz CT molecular complexity index is 265. The Hall–Kier alpha value is -0.0900. The van der Waals surface area contributed by atoms with E-state index in [1.807, 2.05) is 6.92 Å². The summed E-state index contributed by atoms with van der Waals surface area (Å²) in [6.45, 7) is 9.29. The molecule has 0 aliphatic heterocycles. The van der Waals surface area contributed by atoms with Crippen molar-refractivity contribution in [3.63, 3.8) is 0 Å². The molecule has 0 saturated heterocycles. The first-order chi connectivity index (χ1) is 7.27. The van der Waals surface area contributed by atoms with E-state index in [2.05, 4.69) is 26.1 Å². The van der Waals surface area contributed by atoms with Crippen LogP contribution in [0.5, 0.6) is 0 Å². The van der Waals surface area contributed by atoms with Crippen molar-refractivity contribution in [3.05, 3.63) is 0 Å². The van der Waals surface area contributed by atoms with E-state index >= 15 is 0 Å². The number of hydrogen-bond acceptors (Lipinski definition) is 3. The van der Waals surface area contributed by atoms with Crippen molar-refractivity contribution >= 4 is 9.84 Å². The van der Waals surface area contributed by atoms with Crippen molar-refractivity contribution in [2.45, 2.75) is 58.9 Å². The molecule has 98 valence electrons. The molecule has 0 aliphatic rings. The van der Waals surface area contributed by atoms with Crippen LogP contribution in [-0.4, -0.2) is 32.0 Å². The van der Waals surface area contributed by atoms with E-state index in [1.165, 1.54) is 0 Å². The van der Waals surface area contributed by atoms with Gasteiger partial charge in [-0.2, -0.15) is 0 Å². The van der Waals surface area contributed by atoms with Gasteiger partial charge in [-0.25, -0.2) is 8.42 Å². The quantitative estimate of drug-likeness (QED) is 0.672. The maximum absolute atomic E-state index is 11.4. The van der Waals surface area contributed by atoms with Gasteiger partial charge < -0.3 is 5.32 Å². The van der Waals surface area contributed by atoms with E-state index < -0.39 is 9.84 Å². The molecule has 0 bridgehead atoms. The third kappa shape index (κ3) is 10.4. The topological polar surface area (TPSA) is 46.2 Å². The molecule has 16 heavy (non-hydrogen) atoms. The van der Waals surface area contributed by atoms with E-state index in [0.717, 1.165) is 32.2 Å². The zero-order valence-corrected chi connectivity index (χ0v) is 12.0. The molecule has 0 aromatic carbocycles. The van der Waals surface area contributed by atoms with Gasteiger partial charge in [-0.15, -0.1) is 0 Å². The molecular weight excluding hydrogens is 222 g/mol. The van der Waals surface area contributed by atoms with Gasteiger partial charge in [0.15, 0.2) is 0 Å². The minimum Gasteiger partial charge on any atom is -0.312 e. The average Bonchev–Trinajstić information content (AvgIpc) is 2.09. The van der Waals surface area contributed by atoms with Crippen molar-refractivity contribution in [2.75, 3.05) is 18.1 Å². The summed E-state index contributed by atoms with van der Waals surface area (Å²) >= 11 is 0. The fourth-order valence-corrected chi connectivity index (χ4v) is 2.97. The zero-order valence-electron chi connectivity index (χ0n) is 11.2. The minimum atomic E-state index is -2.77. The van der Waals surface area contributed by atoms with Gasteiger partial charge >= 0.3 is 0 Å². The van der Waals surface area contributed by atoms with Crippen molar-refractivity contribution in [1.29, 1.82) is 0 Å². The molecule has 0 aromatic rings. The van der Waals surface area contributed by atoms with Gasteiger partial charge in [-0.05, 0) is 46.6 Å². The first-order valence-corrected chi connectivity index (χ1v) is 8.04. The molecule has 0 aromatic heterocycles. The van der Waals surface area contributed by atoms with Crippen molar-refractivity contribution in [2.24, 2.45) is 0 Å². The van der Waals surface area contributed by atoms with Crippen LogP contribution in [0.2, 0.25) is 0 Å². The molecule has 4 heteroatoms. The Kier molecular flexibility index (Phi) is 7.24. The molecule has 0 heterocycles. The number of hydrogen-bond donors (Lipinski definition) is 1. The summed E-state index contributed by atoms with van der Waals surface area (Å²) in [4.78, 5) is 0. The Labute approximate surface area is 101 Å². The summed E-state index contributed by atoms with van der Waals surface area (Å²) in [7, 11) is -2.77. The van der Waals surface area contributed by atoms with Crippen LogP contribution in [0, 0.1) is 0 Å². The molecule has 0 aliphatic carbocycles. The lowest BCUT2D eigenvalue weighted by Crippen LogP contribution is -2.36. The molecule has 3 nitrogen and oxygen atoms in total. The molecular formula is C12H27NO2S. The Morgan fingerprint density at radius 2 is 1.62 bits per heavy atom. The smallest absolute Gasteiger partial charge is 0.150 e. The maximum Gasteiger partial charge on any atom is 0.150 e. The largest absolute Gasteiger partial charge is 0.312 e. The molecule has 0 unspecified atom stereocenters. The van der Waals surface area contributed by atoms with Gasteiger partial charge in [0.25, 0.3) is 0 Å². The van der Waals surface area contributed by atoms with Crippen LogP contribution in [0.25, 0.3) is 0 Å². The number of sulfone groups is 1. The van der Waals surface area contributed by atoms with Crippen LogP contribution in [0.15, 0.2) is 0 Å². The fourth-order valence-electron chi connectivity index (χ4n) is 1.50. The van der Waals surface area contributed by atoms with Crippen LogP contribution in [0.1, 0.15) is 53.4 Å². The summed E-state index contributed by atoms with van der Waals surface area (Å²) < 4.78 is 22.8. The van der Waals surface area contributed by atoms with E-state index in [0.29, 0.717) is 11.5 Å². The van der Waals surface area contributed by atoms with Crippen molar-refractivity contribution < 1.29 is 8.42 Å². The number of unbranched alkanes of at least 4 members (excludes halogenated alkanes) is 2. The zero-order chi connectivity index (χ0) is 12.7. The second-order valence-corrected chi connectivity index (χ2v) is 7.69. The van der Waals surface area contributed by atoms with E-state index in [9.17, 15) is 8.42 Å². The van der Waals surface area contributed by atoms with Crippen LogP contribution >= 0.6 is 0 Å². The summed E-state index contributed by atoms with van der Waals surface area (Å²) in [5, 5.41) is 3.40. The SMILES string of the molecule is CCCS(=O)(=O)CCCCCNC(C)(C)C. The normalized spacial score (nSPS) is 13.0. The second-order valence-electron chi connectivity index (χ2n) is 5.39. The van der Waals surface area contributed by atoms with Gasteiger partial charge in [-0.1, -0.05) is 13.3 Å². The second kappa shape index (κ2) is 7.28. The predicted octanol–water partition coefficient (Wildman–Crippen LogP) is 2.37. The highest BCUT2D eigenvalue weighted by atomic mass is 32.2. The third-order valence-electron chi connectivity index (χ3n) is 2.30. The lowest BCUT2D eigenvalue weighted by Gasteiger charge is -2.20. The number of nitrogens with one attached hydrogen (secondary N) is 1. The van der Waals surface area contributed by atoms with Gasteiger partial charge in [0, 0.05) is 11.3 Å². The first-order valence-electron chi connectivity index (χ1n) is 6.22. The highest BCUT2D eigenvalue weighted by molar-refractivity contribution is 7.91. The van der Waals surface area contributed by atoms with Gasteiger partial charge in [0.2, 0.25) is 0 Å². The molecule has 0 fully saturated rings. The summed E-state index contributed by atoms with van der Waals surface area (Å²) in [5.41, 5.74) is 0.161. The van der Waals surface area contributed by atoms with Crippen molar-refractivity contribution in [1.82, 2.24) is 5.32 Å². The van der Waals surface area contributed by atoms with E-state index in [4.69, 9.17) is 0 Å². The fraction of sp³-hybridized carbons (Fsp3) is 1.00. The summed E-state index contributed by atoms with van der Waals surface area (Å²) in [6.07, 6.45) is 3.58. The molecule has 0 rings (SSSR count). The monoisotopic (exact) mass is 249 g/mol. The standard InChI is InChI=1S/C12H27NO2S/c1-5-10-16(14,15)11-8-6-7-9-13-12(2,3)4/h13H,5-11H2,1-4H3. The molecule has 0 spiro atoms. The highest BCUT2D eigenvalue weighted by Crippen LogP contribution is 2.03. The molecule has 0 atom stereocenters. The van der Waals surface area contributed by atoms with Crippen LogP contribution in [0.4, 0.5) is 0 Å². The molecule has 0 radical (unpaired) electrons. The van der Waals surface area contributed by atoms with Crippen LogP contribution < -0.4 is 5.32 Å². The number of rotatable bonds is 8. The first kappa shape index (κ1) is 15.9. The summed E-state index contributed by atoms with van der Waals surface area (Å²) in [6, 6.07) is 0. The third-order valence-corrected chi connectivity index (χ3v) is 4.24. The molecule has 0 saturated carbocycles. The van der Waals surface area contributed by atoms with Crippen LogP contribution in [0.3, 0.4) is 0 Å². The van der Waals surface area contributed by atoms with Crippen molar-refractivity contribution in [3.8, 4) is 0 Å². The van der Waals surface area contributed by atoms with E-state index in [1.54, 1.807) is 0 Å². The van der Waals surface area contributed by atoms with Crippen LogP contribution in [-0.2, 0) is 9.84 Å². The van der Waals surface area contributed by atoms with Gasteiger partial charge in [-0.3, -0.25) is 0 Å². The lowest BCUT2D eigenvalue weighted by molar-refractivity contribution is 0.418. The Morgan fingerprint density at radius 3 is 2.12 bits per heavy atom. The Balaban J connectivity index is 3.48.